The van der Waals surface area contributed by atoms with E-state index in [0.717, 1.165) is 13.0 Å². The maximum atomic E-state index is 12.4. The summed E-state index contributed by atoms with van der Waals surface area (Å²) in [6.45, 7) is 4.12. The molecule has 1 amide bonds. The van der Waals surface area contributed by atoms with Gasteiger partial charge in [0.05, 0.1) is 6.26 Å². The summed E-state index contributed by atoms with van der Waals surface area (Å²) in [4.78, 5) is 14.2. The van der Waals surface area contributed by atoms with E-state index < -0.39 is 0 Å². The van der Waals surface area contributed by atoms with E-state index in [1.165, 1.54) is 0 Å². The third kappa shape index (κ3) is 2.96. The Kier molecular flexibility index (Phi) is 4.39. The fourth-order valence-corrected chi connectivity index (χ4v) is 2.52. The Morgan fingerprint density at radius 1 is 1.62 bits per heavy atom. The van der Waals surface area contributed by atoms with Crippen LogP contribution in [-0.2, 0) is 0 Å². The molecule has 0 radical (unpaired) electrons. The monoisotopic (exact) mass is 310 g/mol. The van der Waals surface area contributed by atoms with Crippen molar-refractivity contribution in [3.8, 4) is 11.5 Å². The van der Waals surface area contributed by atoms with Crippen LogP contribution in [0.1, 0.15) is 23.8 Å². The number of H-pyrrole nitrogens is 1. The summed E-state index contributed by atoms with van der Waals surface area (Å²) < 4.78 is 5.28. The lowest BCUT2D eigenvalue weighted by molar-refractivity contribution is 0.0771. The first-order valence-electron chi connectivity index (χ1n) is 6.70. The quantitative estimate of drug-likeness (QED) is 0.906. The van der Waals surface area contributed by atoms with E-state index in [4.69, 9.17) is 10.2 Å². The highest BCUT2D eigenvalue weighted by Gasteiger charge is 2.35. The van der Waals surface area contributed by atoms with Gasteiger partial charge in [0.15, 0.2) is 11.5 Å². The van der Waals surface area contributed by atoms with Gasteiger partial charge in [-0.3, -0.25) is 9.89 Å². The summed E-state index contributed by atoms with van der Waals surface area (Å²) in [6.07, 6.45) is 2.52. The van der Waals surface area contributed by atoms with E-state index in [1.807, 2.05) is 11.0 Å². The molecule has 3 heterocycles. The number of nitrogens with one attached hydrogen (secondary N) is 1. The van der Waals surface area contributed by atoms with E-state index in [-0.39, 0.29) is 23.7 Å². The summed E-state index contributed by atoms with van der Waals surface area (Å²) in [5.41, 5.74) is 6.91. The highest BCUT2D eigenvalue weighted by atomic mass is 35.5. The number of carbonyl (C=O) groups excluding carboxylic acids is 1. The first-order valence-corrected chi connectivity index (χ1v) is 6.70. The Morgan fingerprint density at radius 3 is 3.05 bits per heavy atom. The number of halogens is 1. The van der Waals surface area contributed by atoms with E-state index in [9.17, 15) is 4.79 Å². The molecule has 1 fully saturated rings. The number of hydrogen-bond acceptors (Lipinski definition) is 4. The number of rotatable bonds is 3. The molecule has 0 aliphatic carbocycles. The Labute approximate surface area is 129 Å². The van der Waals surface area contributed by atoms with Crippen molar-refractivity contribution in [3.05, 3.63) is 30.2 Å². The average molecular weight is 311 g/mol. The molecule has 1 aliphatic heterocycles. The van der Waals surface area contributed by atoms with Gasteiger partial charge >= 0.3 is 0 Å². The van der Waals surface area contributed by atoms with E-state index in [2.05, 4.69) is 17.1 Å². The standard InChI is InChI=1S/C14H18N4O2.ClH/c1-14(8-15)4-5-18(9-14)13(19)11-7-10(16-17-11)12-3-2-6-20-12;/h2-3,6-7H,4-5,8-9,15H2,1H3,(H,16,17);1H. The van der Waals surface area contributed by atoms with E-state index in [0.29, 0.717) is 30.2 Å². The number of nitrogens with zero attached hydrogens (tertiary/aromatic N) is 2. The second-order valence-corrected chi connectivity index (χ2v) is 5.64. The van der Waals surface area contributed by atoms with Crippen LogP contribution in [0.3, 0.4) is 0 Å². The number of aromatic nitrogens is 2. The van der Waals surface area contributed by atoms with Gasteiger partial charge in [0.1, 0.15) is 5.69 Å². The fourth-order valence-electron chi connectivity index (χ4n) is 2.52. The summed E-state index contributed by atoms with van der Waals surface area (Å²) in [7, 11) is 0. The second kappa shape index (κ2) is 5.91. The average Bonchev–Trinajstić information content (AvgIpc) is 3.18. The largest absolute Gasteiger partial charge is 0.463 e. The number of hydrogen-bond donors (Lipinski definition) is 2. The van der Waals surface area contributed by atoms with Crippen LogP contribution < -0.4 is 5.73 Å². The molecule has 2 aromatic heterocycles. The molecule has 6 nitrogen and oxygen atoms in total. The third-order valence-corrected chi connectivity index (χ3v) is 3.92. The van der Waals surface area contributed by atoms with Crippen LogP contribution in [0.15, 0.2) is 28.9 Å². The first-order chi connectivity index (χ1) is 9.61. The van der Waals surface area contributed by atoms with Gasteiger partial charge < -0.3 is 15.1 Å². The molecule has 1 atom stereocenters. The van der Waals surface area contributed by atoms with Crippen LogP contribution in [0.25, 0.3) is 11.5 Å². The predicted octanol–water partition coefficient (Wildman–Crippen LogP) is 1.90. The van der Waals surface area contributed by atoms with Crippen molar-refractivity contribution in [2.24, 2.45) is 11.1 Å². The Morgan fingerprint density at radius 2 is 2.43 bits per heavy atom. The van der Waals surface area contributed by atoms with Gasteiger partial charge in [0.2, 0.25) is 0 Å². The van der Waals surface area contributed by atoms with Crippen molar-refractivity contribution in [1.29, 1.82) is 0 Å². The minimum Gasteiger partial charge on any atom is -0.463 e. The SMILES string of the molecule is CC1(CN)CCN(C(=O)c2cc(-c3ccco3)[nH]n2)C1.Cl. The van der Waals surface area contributed by atoms with Gasteiger partial charge in [-0.25, -0.2) is 0 Å². The minimum atomic E-state index is -0.0590. The topological polar surface area (TPSA) is 88.1 Å². The van der Waals surface area contributed by atoms with E-state index >= 15 is 0 Å². The van der Waals surface area contributed by atoms with Crippen LogP contribution in [0.5, 0.6) is 0 Å². The third-order valence-electron chi connectivity index (χ3n) is 3.92. The Hall–Kier alpha value is -1.79. The lowest BCUT2D eigenvalue weighted by Gasteiger charge is -2.21. The molecule has 1 aliphatic rings. The molecule has 21 heavy (non-hydrogen) atoms. The van der Waals surface area contributed by atoms with Crippen molar-refractivity contribution in [2.45, 2.75) is 13.3 Å². The molecule has 3 rings (SSSR count). The summed E-state index contributed by atoms with van der Waals surface area (Å²) >= 11 is 0. The van der Waals surface area contributed by atoms with Gasteiger partial charge in [-0.15, -0.1) is 12.4 Å². The fraction of sp³-hybridized carbons (Fsp3) is 0.429. The van der Waals surface area contributed by atoms with Crippen molar-refractivity contribution < 1.29 is 9.21 Å². The molecule has 1 unspecified atom stereocenters. The van der Waals surface area contributed by atoms with Crippen molar-refractivity contribution >= 4 is 18.3 Å². The summed E-state index contributed by atoms with van der Waals surface area (Å²) in [6, 6.07) is 5.34. The molecule has 0 bridgehead atoms. The lowest BCUT2D eigenvalue weighted by Crippen LogP contribution is -2.34. The summed E-state index contributed by atoms with van der Waals surface area (Å²) in [5.74, 6) is 0.612. The van der Waals surface area contributed by atoms with Crippen molar-refractivity contribution in [2.75, 3.05) is 19.6 Å². The van der Waals surface area contributed by atoms with Crippen LogP contribution in [0.2, 0.25) is 0 Å². The van der Waals surface area contributed by atoms with Gasteiger partial charge in [0, 0.05) is 19.2 Å². The molecule has 3 N–H and O–H groups in total. The highest BCUT2D eigenvalue weighted by Crippen LogP contribution is 2.29. The van der Waals surface area contributed by atoms with Gasteiger partial charge in [-0.05, 0) is 30.5 Å². The highest BCUT2D eigenvalue weighted by molar-refractivity contribution is 5.93. The first kappa shape index (κ1) is 15.6. The predicted molar refractivity (Wildman–Crippen MR) is 81.2 cm³/mol. The number of likely N-dealkylation sites (tertiary alicyclic amines) is 1. The normalized spacial score (nSPS) is 21.3. The van der Waals surface area contributed by atoms with E-state index in [1.54, 1.807) is 18.4 Å². The van der Waals surface area contributed by atoms with Gasteiger partial charge in [0.25, 0.3) is 5.91 Å². The number of aromatic amines is 1. The molecule has 7 heteroatoms. The zero-order valence-corrected chi connectivity index (χ0v) is 12.7. The smallest absolute Gasteiger partial charge is 0.274 e. The van der Waals surface area contributed by atoms with Crippen LogP contribution in [0.4, 0.5) is 0 Å². The molecular formula is C14H19ClN4O2. The maximum Gasteiger partial charge on any atom is 0.274 e. The zero-order valence-electron chi connectivity index (χ0n) is 11.8. The number of nitrogens with two attached hydrogens (primary N) is 1. The molecule has 0 spiro atoms. The number of furan rings is 1. The van der Waals surface area contributed by atoms with Crippen LogP contribution in [-0.4, -0.2) is 40.6 Å². The maximum absolute atomic E-state index is 12.4. The molecule has 0 saturated carbocycles. The van der Waals surface area contributed by atoms with Gasteiger partial charge in [-0.2, -0.15) is 5.10 Å². The summed E-state index contributed by atoms with van der Waals surface area (Å²) in [5, 5.41) is 6.91. The molecular weight excluding hydrogens is 292 g/mol. The van der Waals surface area contributed by atoms with Crippen molar-refractivity contribution in [3.63, 3.8) is 0 Å². The van der Waals surface area contributed by atoms with Crippen LogP contribution >= 0.6 is 12.4 Å². The Balaban J connectivity index is 0.00000161. The molecule has 1 saturated heterocycles. The second-order valence-electron chi connectivity index (χ2n) is 5.64. The van der Waals surface area contributed by atoms with Gasteiger partial charge in [-0.1, -0.05) is 6.92 Å². The minimum absolute atomic E-state index is 0. The molecule has 2 aromatic rings. The Bertz CT molecular complexity index is 610. The number of amides is 1. The molecule has 0 aromatic carbocycles. The zero-order chi connectivity index (χ0) is 14.2. The number of carbonyl (C=O) groups is 1. The van der Waals surface area contributed by atoms with Crippen LogP contribution in [0, 0.1) is 5.41 Å². The van der Waals surface area contributed by atoms with Crippen molar-refractivity contribution in [1.82, 2.24) is 15.1 Å². The molecule has 114 valence electrons. The lowest BCUT2D eigenvalue weighted by atomic mass is 9.90.